The third kappa shape index (κ3) is 2.08. The Morgan fingerprint density at radius 2 is 2.27 bits per heavy atom. The van der Waals surface area contributed by atoms with E-state index in [1.165, 1.54) is 5.56 Å². The lowest BCUT2D eigenvalue weighted by Gasteiger charge is -2.31. The minimum absolute atomic E-state index is 0.570. The van der Waals surface area contributed by atoms with Crippen LogP contribution in [0.2, 0.25) is 0 Å². The van der Waals surface area contributed by atoms with Crippen molar-refractivity contribution in [1.82, 2.24) is 15.1 Å². The Kier molecular flexibility index (Phi) is 2.83. The van der Waals surface area contributed by atoms with E-state index in [4.69, 9.17) is 5.84 Å². The molecule has 0 radical (unpaired) electrons. The summed E-state index contributed by atoms with van der Waals surface area (Å²) in [7, 11) is 0. The molecule has 0 spiro atoms. The van der Waals surface area contributed by atoms with Gasteiger partial charge in [0, 0.05) is 25.6 Å². The number of hydrogen-bond donors (Lipinski definition) is 2. The Labute approximate surface area is 89.6 Å². The fourth-order valence-corrected chi connectivity index (χ4v) is 1.86. The molecule has 2 rings (SSSR count). The number of hydrogen-bond acceptors (Lipinski definition) is 5. The monoisotopic (exact) mass is 207 g/mol. The van der Waals surface area contributed by atoms with Crippen molar-refractivity contribution in [3.05, 3.63) is 17.3 Å². The number of anilines is 1. The Morgan fingerprint density at radius 3 is 2.93 bits per heavy atom. The molecule has 5 nitrogen and oxygen atoms in total. The SMILES string of the molecule is CC(C)N1CCc2nnc(NN)cc2C1. The number of nitrogen functional groups attached to an aromatic ring is 1. The summed E-state index contributed by atoms with van der Waals surface area (Å²) in [6.07, 6.45) is 0.978. The van der Waals surface area contributed by atoms with Crippen molar-refractivity contribution in [2.45, 2.75) is 32.9 Å². The molecular formula is C10H17N5. The normalized spacial score (nSPS) is 16.5. The van der Waals surface area contributed by atoms with E-state index in [0.717, 1.165) is 25.2 Å². The fraction of sp³-hybridized carbons (Fsp3) is 0.600. The molecule has 0 unspecified atom stereocenters. The van der Waals surface area contributed by atoms with Crippen molar-refractivity contribution in [2.75, 3.05) is 12.0 Å². The molecule has 0 fully saturated rings. The van der Waals surface area contributed by atoms with E-state index in [-0.39, 0.29) is 0 Å². The molecule has 1 aliphatic rings. The number of nitrogens with two attached hydrogens (primary N) is 1. The third-order valence-corrected chi connectivity index (χ3v) is 2.85. The maximum atomic E-state index is 5.31. The van der Waals surface area contributed by atoms with Crippen molar-refractivity contribution in [1.29, 1.82) is 0 Å². The maximum Gasteiger partial charge on any atom is 0.162 e. The Bertz CT molecular complexity index is 350. The van der Waals surface area contributed by atoms with E-state index in [9.17, 15) is 0 Å². The average Bonchev–Trinajstić information content (AvgIpc) is 2.27. The topological polar surface area (TPSA) is 67.1 Å². The molecule has 2 heterocycles. The Balaban J connectivity index is 2.23. The van der Waals surface area contributed by atoms with Gasteiger partial charge in [-0.2, -0.15) is 5.10 Å². The number of hydrazine groups is 1. The van der Waals surface area contributed by atoms with Crippen molar-refractivity contribution in [2.24, 2.45) is 5.84 Å². The lowest BCUT2D eigenvalue weighted by molar-refractivity contribution is 0.201. The van der Waals surface area contributed by atoms with Crippen LogP contribution in [0.3, 0.4) is 0 Å². The molecule has 15 heavy (non-hydrogen) atoms. The Hall–Kier alpha value is -1.20. The quantitative estimate of drug-likeness (QED) is 0.547. The second-order valence-electron chi connectivity index (χ2n) is 4.16. The van der Waals surface area contributed by atoms with E-state index >= 15 is 0 Å². The summed E-state index contributed by atoms with van der Waals surface area (Å²) in [6.45, 7) is 6.43. The molecule has 0 atom stereocenters. The van der Waals surface area contributed by atoms with Crippen molar-refractivity contribution < 1.29 is 0 Å². The van der Waals surface area contributed by atoms with Gasteiger partial charge in [0.2, 0.25) is 0 Å². The summed E-state index contributed by atoms with van der Waals surface area (Å²) in [5.41, 5.74) is 4.87. The van der Waals surface area contributed by atoms with E-state index in [2.05, 4.69) is 34.4 Å². The minimum Gasteiger partial charge on any atom is -0.307 e. The summed E-state index contributed by atoms with van der Waals surface area (Å²) in [5, 5.41) is 8.14. The molecular weight excluding hydrogens is 190 g/mol. The molecule has 82 valence electrons. The first-order chi connectivity index (χ1) is 7.20. The first-order valence-electron chi connectivity index (χ1n) is 5.27. The number of aromatic nitrogens is 2. The van der Waals surface area contributed by atoms with Crippen LogP contribution in [0.15, 0.2) is 6.07 Å². The first kappa shape index (κ1) is 10.3. The standard InChI is InChI=1S/C10H17N5/c1-7(2)15-4-3-9-8(6-15)5-10(12-11)14-13-9/h5,7H,3-4,6,11H2,1-2H3,(H,12,14). The van der Waals surface area contributed by atoms with Crippen molar-refractivity contribution in [3.8, 4) is 0 Å². The van der Waals surface area contributed by atoms with Crippen LogP contribution in [0.1, 0.15) is 25.1 Å². The van der Waals surface area contributed by atoms with Gasteiger partial charge in [-0.05, 0) is 25.5 Å². The third-order valence-electron chi connectivity index (χ3n) is 2.85. The van der Waals surface area contributed by atoms with Crippen LogP contribution in [0.4, 0.5) is 5.82 Å². The predicted molar refractivity (Wildman–Crippen MR) is 59.1 cm³/mol. The fourth-order valence-electron chi connectivity index (χ4n) is 1.86. The van der Waals surface area contributed by atoms with E-state index in [1.54, 1.807) is 0 Å². The molecule has 0 amide bonds. The lowest BCUT2D eigenvalue weighted by atomic mass is 10.1. The molecule has 3 N–H and O–H groups in total. The van der Waals surface area contributed by atoms with Crippen LogP contribution in [0, 0.1) is 0 Å². The zero-order valence-corrected chi connectivity index (χ0v) is 9.20. The first-order valence-corrected chi connectivity index (χ1v) is 5.27. The van der Waals surface area contributed by atoms with Gasteiger partial charge >= 0.3 is 0 Å². The van der Waals surface area contributed by atoms with Gasteiger partial charge in [0.05, 0.1) is 5.69 Å². The van der Waals surface area contributed by atoms with Gasteiger partial charge < -0.3 is 5.43 Å². The highest BCUT2D eigenvalue weighted by Crippen LogP contribution is 2.19. The average molecular weight is 207 g/mol. The largest absolute Gasteiger partial charge is 0.307 e. The van der Waals surface area contributed by atoms with E-state index in [0.29, 0.717) is 11.9 Å². The summed E-state index contributed by atoms with van der Waals surface area (Å²) in [4.78, 5) is 2.42. The Morgan fingerprint density at radius 1 is 1.47 bits per heavy atom. The highest BCUT2D eigenvalue weighted by atomic mass is 15.3. The summed E-state index contributed by atoms with van der Waals surface area (Å²) >= 11 is 0. The highest BCUT2D eigenvalue weighted by molar-refractivity contribution is 5.37. The van der Waals surface area contributed by atoms with E-state index < -0.39 is 0 Å². The molecule has 1 aromatic heterocycles. The van der Waals surface area contributed by atoms with Crippen LogP contribution < -0.4 is 11.3 Å². The second-order valence-corrected chi connectivity index (χ2v) is 4.16. The van der Waals surface area contributed by atoms with Crippen LogP contribution in [0.25, 0.3) is 0 Å². The second kappa shape index (κ2) is 4.12. The molecule has 1 aromatic rings. The predicted octanol–water partition coefficient (Wildman–Crippen LogP) is 0.529. The van der Waals surface area contributed by atoms with Crippen LogP contribution >= 0.6 is 0 Å². The van der Waals surface area contributed by atoms with Gasteiger partial charge in [0.25, 0.3) is 0 Å². The zero-order valence-electron chi connectivity index (χ0n) is 9.20. The van der Waals surface area contributed by atoms with E-state index in [1.807, 2.05) is 6.07 Å². The molecule has 0 saturated heterocycles. The van der Waals surface area contributed by atoms with Gasteiger partial charge in [-0.1, -0.05) is 0 Å². The number of nitrogens with zero attached hydrogens (tertiary/aromatic N) is 3. The molecule has 0 aromatic carbocycles. The van der Waals surface area contributed by atoms with Crippen molar-refractivity contribution in [3.63, 3.8) is 0 Å². The highest BCUT2D eigenvalue weighted by Gasteiger charge is 2.19. The van der Waals surface area contributed by atoms with Gasteiger partial charge in [-0.25, -0.2) is 5.84 Å². The van der Waals surface area contributed by atoms with Gasteiger partial charge in [-0.3, -0.25) is 4.90 Å². The zero-order chi connectivity index (χ0) is 10.8. The smallest absolute Gasteiger partial charge is 0.162 e. The maximum absolute atomic E-state index is 5.31. The number of nitrogens with one attached hydrogen (secondary N) is 1. The van der Waals surface area contributed by atoms with Gasteiger partial charge in [-0.15, -0.1) is 5.10 Å². The number of rotatable bonds is 2. The van der Waals surface area contributed by atoms with Crippen molar-refractivity contribution >= 4 is 5.82 Å². The minimum atomic E-state index is 0.570. The van der Waals surface area contributed by atoms with Crippen LogP contribution in [-0.2, 0) is 13.0 Å². The van der Waals surface area contributed by atoms with Gasteiger partial charge in [0.1, 0.15) is 0 Å². The number of fused-ring (bicyclic) bond motifs is 1. The van der Waals surface area contributed by atoms with Crippen LogP contribution in [-0.4, -0.2) is 27.7 Å². The van der Waals surface area contributed by atoms with Crippen LogP contribution in [0.5, 0.6) is 0 Å². The lowest BCUT2D eigenvalue weighted by Crippen LogP contribution is -2.36. The summed E-state index contributed by atoms with van der Waals surface area (Å²) in [5.74, 6) is 5.95. The molecule has 5 heteroatoms. The molecule has 0 bridgehead atoms. The van der Waals surface area contributed by atoms with Gasteiger partial charge in [0.15, 0.2) is 5.82 Å². The molecule has 0 aliphatic carbocycles. The molecule has 1 aliphatic heterocycles. The molecule has 0 saturated carbocycles. The summed E-state index contributed by atoms with van der Waals surface area (Å²) in [6, 6.07) is 2.55. The summed E-state index contributed by atoms with van der Waals surface area (Å²) < 4.78 is 0.